The van der Waals surface area contributed by atoms with E-state index in [4.69, 9.17) is 20.6 Å². The largest absolute Gasteiger partial charge is 0.496 e. The molecule has 0 heterocycles. The Morgan fingerprint density at radius 1 is 1.52 bits per heavy atom. The Morgan fingerprint density at radius 3 is 2.57 bits per heavy atom. The molecule has 1 rings (SSSR count). The molecular formula is C11H12F3N3O4. The average molecular weight is 307 g/mol. The fraction of sp³-hybridized carbons (Fsp3) is 0.364. The molecule has 0 fully saturated rings. The lowest BCUT2D eigenvalue weighted by atomic mass is 10.1. The van der Waals surface area contributed by atoms with Gasteiger partial charge >= 0.3 is 11.9 Å². The number of alkyl halides is 3. The first-order chi connectivity index (χ1) is 9.66. The van der Waals surface area contributed by atoms with E-state index in [0.717, 1.165) is 12.1 Å². The smallest absolute Gasteiger partial charge is 0.401 e. The van der Waals surface area contributed by atoms with Crippen LogP contribution in [0.4, 0.5) is 18.9 Å². The number of halogens is 3. The van der Waals surface area contributed by atoms with E-state index in [0.29, 0.717) is 0 Å². The van der Waals surface area contributed by atoms with Crippen molar-refractivity contribution in [2.24, 2.45) is 11.7 Å². The van der Waals surface area contributed by atoms with E-state index in [9.17, 15) is 23.3 Å². The molecule has 7 nitrogen and oxygen atoms in total. The van der Waals surface area contributed by atoms with Crippen LogP contribution >= 0.6 is 0 Å². The molecule has 0 saturated heterocycles. The van der Waals surface area contributed by atoms with Crippen molar-refractivity contribution in [3.8, 4) is 11.5 Å². The minimum absolute atomic E-state index is 0.160. The molecule has 10 heteroatoms. The van der Waals surface area contributed by atoms with Gasteiger partial charge in [-0.2, -0.15) is 13.2 Å². The number of nitrogens with zero attached hydrogens (tertiary/aromatic N) is 1. The summed E-state index contributed by atoms with van der Waals surface area (Å²) >= 11 is 0. The van der Waals surface area contributed by atoms with E-state index in [1.807, 2.05) is 0 Å². The zero-order valence-corrected chi connectivity index (χ0v) is 10.8. The topological polar surface area (TPSA) is 111 Å². The van der Waals surface area contributed by atoms with Gasteiger partial charge in [-0.1, -0.05) is 0 Å². The second-order valence-corrected chi connectivity index (χ2v) is 3.95. The van der Waals surface area contributed by atoms with E-state index >= 15 is 0 Å². The highest BCUT2D eigenvalue weighted by atomic mass is 19.4. The summed E-state index contributed by atoms with van der Waals surface area (Å²) in [4.78, 5) is 10.0. The summed E-state index contributed by atoms with van der Waals surface area (Å²) in [7, 11) is 1.29. The van der Waals surface area contributed by atoms with E-state index in [-0.39, 0.29) is 11.5 Å². The molecule has 0 aliphatic carbocycles. The number of nitro groups is 1. The van der Waals surface area contributed by atoms with Gasteiger partial charge in [0, 0.05) is 0 Å². The highest BCUT2D eigenvalue weighted by Gasteiger charge is 2.42. The number of rotatable bonds is 6. The van der Waals surface area contributed by atoms with Gasteiger partial charge in [0.2, 0.25) is 0 Å². The van der Waals surface area contributed by atoms with Crippen LogP contribution < -0.4 is 15.2 Å². The van der Waals surface area contributed by atoms with Crippen LogP contribution in [-0.2, 0) is 0 Å². The lowest BCUT2D eigenvalue weighted by Crippen LogP contribution is -2.39. The Bertz CT molecular complexity index is 548. The summed E-state index contributed by atoms with van der Waals surface area (Å²) in [6.07, 6.45) is -4.77. The van der Waals surface area contributed by atoms with E-state index in [1.54, 1.807) is 0 Å². The molecule has 0 aliphatic heterocycles. The van der Waals surface area contributed by atoms with Crippen molar-refractivity contribution >= 4 is 11.5 Å². The van der Waals surface area contributed by atoms with Gasteiger partial charge in [0.1, 0.15) is 24.1 Å². The number of nitrogens with one attached hydrogen (secondary N) is 1. The Hall–Kier alpha value is -2.52. The summed E-state index contributed by atoms with van der Waals surface area (Å²) in [5.41, 5.74) is 4.32. The van der Waals surface area contributed by atoms with Gasteiger partial charge < -0.3 is 15.2 Å². The molecule has 1 aromatic carbocycles. The number of hydrogen-bond acceptors (Lipinski definition) is 5. The molecule has 0 spiro atoms. The molecule has 1 aromatic rings. The third-order valence-electron chi connectivity index (χ3n) is 2.54. The summed E-state index contributed by atoms with van der Waals surface area (Å²) in [5.74, 6) is -3.66. The monoisotopic (exact) mass is 307 g/mol. The van der Waals surface area contributed by atoms with Crippen LogP contribution in [-0.4, -0.2) is 30.7 Å². The van der Waals surface area contributed by atoms with Crippen LogP contribution in [0.3, 0.4) is 0 Å². The fourth-order valence-electron chi connectivity index (χ4n) is 1.42. The van der Waals surface area contributed by atoms with E-state index in [2.05, 4.69) is 0 Å². The van der Waals surface area contributed by atoms with E-state index < -0.39 is 35.1 Å². The predicted octanol–water partition coefficient (Wildman–Crippen LogP) is 2.10. The van der Waals surface area contributed by atoms with Crippen LogP contribution in [0.25, 0.3) is 0 Å². The van der Waals surface area contributed by atoms with Crippen molar-refractivity contribution in [3.63, 3.8) is 0 Å². The van der Waals surface area contributed by atoms with Gasteiger partial charge in [0.15, 0.2) is 5.75 Å². The molecule has 1 atom stereocenters. The molecule has 0 saturated carbocycles. The molecule has 3 N–H and O–H groups in total. The first-order valence-corrected chi connectivity index (χ1v) is 5.52. The molecule has 1 unspecified atom stereocenters. The van der Waals surface area contributed by atoms with Crippen LogP contribution in [0.2, 0.25) is 0 Å². The summed E-state index contributed by atoms with van der Waals surface area (Å²) in [6, 6.07) is 3.44. The maximum Gasteiger partial charge on any atom is 0.401 e. The highest BCUT2D eigenvalue weighted by molar-refractivity contribution is 5.80. The second-order valence-electron chi connectivity index (χ2n) is 3.95. The maximum atomic E-state index is 12.6. The average Bonchev–Trinajstić information content (AvgIpc) is 2.36. The molecule has 0 amide bonds. The lowest BCUT2D eigenvalue weighted by molar-refractivity contribution is -0.386. The Kier molecular flexibility index (Phi) is 4.95. The number of nitrogens with two attached hydrogens (primary N) is 1. The molecule has 0 bridgehead atoms. The zero-order chi connectivity index (χ0) is 16.2. The van der Waals surface area contributed by atoms with Gasteiger partial charge in [0.25, 0.3) is 0 Å². The number of ether oxygens (including phenoxy) is 2. The second kappa shape index (κ2) is 6.29. The maximum absolute atomic E-state index is 12.6. The minimum Gasteiger partial charge on any atom is -0.496 e. The van der Waals surface area contributed by atoms with Crippen LogP contribution in [0.15, 0.2) is 18.2 Å². The number of amidine groups is 1. The molecule has 21 heavy (non-hydrogen) atoms. The Morgan fingerprint density at radius 2 is 2.14 bits per heavy atom. The van der Waals surface area contributed by atoms with Crippen LogP contribution in [0.1, 0.15) is 0 Å². The predicted molar refractivity (Wildman–Crippen MR) is 66.6 cm³/mol. The SMILES string of the molecule is COc1ccc(OCC(C(=N)N)C(F)(F)F)c([N+](=O)[O-])c1. The van der Waals surface area contributed by atoms with Crippen LogP contribution in [0, 0.1) is 21.4 Å². The number of nitro benzene ring substituents is 1. The van der Waals surface area contributed by atoms with Gasteiger partial charge in [-0.25, -0.2) is 0 Å². The number of benzene rings is 1. The first kappa shape index (κ1) is 16.5. The molecular weight excluding hydrogens is 295 g/mol. The highest BCUT2D eigenvalue weighted by Crippen LogP contribution is 2.33. The molecule has 0 aliphatic rings. The first-order valence-electron chi connectivity index (χ1n) is 5.52. The van der Waals surface area contributed by atoms with Crippen molar-refractivity contribution in [2.75, 3.05) is 13.7 Å². The number of methoxy groups -OCH3 is 1. The Balaban J connectivity index is 2.97. The quantitative estimate of drug-likeness (QED) is 0.362. The van der Waals surface area contributed by atoms with Crippen molar-refractivity contribution in [2.45, 2.75) is 6.18 Å². The van der Waals surface area contributed by atoms with Gasteiger partial charge in [-0.3, -0.25) is 15.5 Å². The van der Waals surface area contributed by atoms with E-state index in [1.165, 1.54) is 13.2 Å². The molecule has 116 valence electrons. The molecule has 0 aromatic heterocycles. The summed E-state index contributed by atoms with van der Waals surface area (Å²) in [5, 5.41) is 17.7. The lowest BCUT2D eigenvalue weighted by Gasteiger charge is -2.19. The van der Waals surface area contributed by atoms with Gasteiger partial charge in [0.05, 0.1) is 18.1 Å². The van der Waals surface area contributed by atoms with Crippen molar-refractivity contribution in [1.29, 1.82) is 5.41 Å². The zero-order valence-electron chi connectivity index (χ0n) is 10.8. The normalized spacial score (nSPS) is 12.6. The third-order valence-corrected chi connectivity index (χ3v) is 2.54. The van der Waals surface area contributed by atoms with Crippen molar-refractivity contribution in [1.82, 2.24) is 0 Å². The van der Waals surface area contributed by atoms with Gasteiger partial charge in [-0.05, 0) is 12.1 Å². The van der Waals surface area contributed by atoms with Crippen molar-refractivity contribution in [3.05, 3.63) is 28.3 Å². The van der Waals surface area contributed by atoms with Crippen LogP contribution in [0.5, 0.6) is 11.5 Å². The Labute approximate surface area is 117 Å². The van der Waals surface area contributed by atoms with Gasteiger partial charge in [-0.15, -0.1) is 0 Å². The minimum atomic E-state index is -4.77. The fourth-order valence-corrected chi connectivity index (χ4v) is 1.42. The molecule has 0 radical (unpaired) electrons. The van der Waals surface area contributed by atoms with Crippen molar-refractivity contribution < 1.29 is 27.6 Å². The number of hydrogen-bond donors (Lipinski definition) is 2. The summed E-state index contributed by atoms with van der Waals surface area (Å²) in [6.45, 7) is -1.02. The summed E-state index contributed by atoms with van der Waals surface area (Å²) < 4.78 is 47.4. The standard InChI is InChI=1S/C11H12F3N3O4/c1-20-6-2-3-9(8(4-6)17(18)19)21-5-7(10(15)16)11(12,13)14/h2-4,7H,5H2,1H3,(H3,15,16). The third kappa shape index (κ3) is 4.23.